The van der Waals surface area contributed by atoms with Gasteiger partial charge in [-0.2, -0.15) is 0 Å². The molecule has 0 aliphatic carbocycles. The summed E-state index contributed by atoms with van der Waals surface area (Å²) in [5.74, 6) is 0.648. The number of rotatable bonds is 9. The predicted molar refractivity (Wildman–Crippen MR) is 79.7 cm³/mol. The van der Waals surface area contributed by atoms with Crippen molar-refractivity contribution in [1.29, 1.82) is 0 Å². The van der Waals surface area contributed by atoms with Crippen LogP contribution in [0.5, 0.6) is 5.75 Å². The Kier molecular flexibility index (Phi) is 7.75. The summed E-state index contributed by atoms with van der Waals surface area (Å²) >= 11 is 0. The van der Waals surface area contributed by atoms with Gasteiger partial charge in [-0.1, -0.05) is 13.8 Å². The van der Waals surface area contributed by atoms with Crippen LogP contribution in [0.25, 0.3) is 0 Å². The maximum absolute atomic E-state index is 13.3. The lowest BCUT2D eigenvalue weighted by atomic mass is 10.1. The summed E-state index contributed by atoms with van der Waals surface area (Å²) in [5.41, 5.74) is 0.786. The summed E-state index contributed by atoms with van der Waals surface area (Å²) in [6, 6.07) is 4.48. The van der Waals surface area contributed by atoms with Crippen LogP contribution in [0.15, 0.2) is 18.2 Å². The second kappa shape index (κ2) is 9.34. The van der Waals surface area contributed by atoms with E-state index in [1.165, 1.54) is 19.2 Å². The lowest BCUT2D eigenvalue weighted by molar-refractivity contribution is -0.140. The molecule has 0 amide bonds. The normalized spacial score (nSPS) is 10.7. The first-order valence-electron chi connectivity index (χ1n) is 7.21. The lowest BCUT2D eigenvalue weighted by Gasteiger charge is -2.13. The first-order chi connectivity index (χ1) is 10.0. The summed E-state index contributed by atoms with van der Waals surface area (Å²) in [6.07, 6.45) is 0.890. The molecule has 0 aromatic heterocycles. The zero-order valence-electron chi connectivity index (χ0n) is 12.9. The molecule has 0 aliphatic heterocycles. The van der Waals surface area contributed by atoms with Gasteiger partial charge in [0.05, 0.1) is 13.7 Å². The van der Waals surface area contributed by atoms with E-state index in [1.54, 1.807) is 6.07 Å². The van der Waals surface area contributed by atoms with Crippen LogP contribution in [-0.2, 0) is 16.1 Å². The molecule has 1 N–H and O–H groups in total. The van der Waals surface area contributed by atoms with E-state index in [9.17, 15) is 9.18 Å². The molecule has 0 radical (unpaired) electrons. The van der Waals surface area contributed by atoms with Crippen LogP contribution in [0.3, 0.4) is 0 Å². The molecule has 0 atom stereocenters. The summed E-state index contributed by atoms with van der Waals surface area (Å²) in [5, 5.41) is 3.27. The molecule has 118 valence electrons. The van der Waals surface area contributed by atoms with E-state index in [0.717, 1.165) is 12.1 Å². The maximum atomic E-state index is 13.3. The van der Waals surface area contributed by atoms with Crippen molar-refractivity contribution in [3.05, 3.63) is 29.6 Å². The van der Waals surface area contributed by atoms with Gasteiger partial charge in [0.15, 0.2) is 0 Å². The zero-order chi connectivity index (χ0) is 15.7. The van der Waals surface area contributed by atoms with Gasteiger partial charge in [-0.15, -0.1) is 0 Å². The van der Waals surface area contributed by atoms with Crippen LogP contribution in [0.2, 0.25) is 0 Å². The van der Waals surface area contributed by atoms with Gasteiger partial charge in [0.1, 0.15) is 11.6 Å². The van der Waals surface area contributed by atoms with Crippen LogP contribution in [0, 0.1) is 11.7 Å². The lowest BCUT2D eigenvalue weighted by Crippen LogP contribution is -2.19. The van der Waals surface area contributed by atoms with Crippen molar-refractivity contribution >= 4 is 5.97 Å². The average molecular weight is 297 g/mol. The van der Waals surface area contributed by atoms with Crippen molar-refractivity contribution in [2.45, 2.75) is 33.2 Å². The third-order valence-corrected chi connectivity index (χ3v) is 2.90. The van der Waals surface area contributed by atoms with E-state index in [1.807, 2.05) is 0 Å². The monoisotopic (exact) mass is 297 g/mol. The van der Waals surface area contributed by atoms with Crippen molar-refractivity contribution < 1.29 is 18.7 Å². The van der Waals surface area contributed by atoms with Crippen LogP contribution < -0.4 is 10.1 Å². The highest BCUT2D eigenvalue weighted by Crippen LogP contribution is 2.20. The Labute approximate surface area is 125 Å². The fourth-order valence-corrected chi connectivity index (χ4v) is 1.82. The zero-order valence-corrected chi connectivity index (χ0v) is 12.9. The van der Waals surface area contributed by atoms with Gasteiger partial charge in [-0.25, -0.2) is 4.39 Å². The van der Waals surface area contributed by atoms with E-state index in [0.29, 0.717) is 37.7 Å². The summed E-state index contributed by atoms with van der Waals surface area (Å²) in [7, 11) is 1.36. The van der Waals surface area contributed by atoms with E-state index in [2.05, 4.69) is 23.9 Å². The SMILES string of the molecule is COC(=O)CCCOc1ccc(F)cc1CNCC(C)C. The second-order valence-corrected chi connectivity index (χ2v) is 5.30. The highest BCUT2D eigenvalue weighted by molar-refractivity contribution is 5.69. The number of esters is 1. The summed E-state index contributed by atoms with van der Waals surface area (Å²) in [6.45, 7) is 6.05. The van der Waals surface area contributed by atoms with Crippen LogP contribution in [0.1, 0.15) is 32.3 Å². The maximum Gasteiger partial charge on any atom is 0.305 e. The predicted octanol–water partition coefficient (Wildman–Crippen LogP) is 2.90. The Morgan fingerprint density at radius 2 is 2.14 bits per heavy atom. The number of carbonyl (C=O) groups excluding carboxylic acids is 1. The van der Waals surface area contributed by atoms with Gasteiger partial charge in [-0.3, -0.25) is 4.79 Å². The smallest absolute Gasteiger partial charge is 0.305 e. The van der Waals surface area contributed by atoms with E-state index < -0.39 is 0 Å². The van der Waals surface area contributed by atoms with Crippen LogP contribution >= 0.6 is 0 Å². The van der Waals surface area contributed by atoms with Crippen molar-refractivity contribution in [2.75, 3.05) is 20.3 Å². The minimum atomic E-state index is -0.279. The Balaban J connectivity index is 2.49. The van der Waals surface area contributed by atoms with Gasteiger partial charge in [-0.05, 0) is 37.1 Å². The Morgan fingerprint density at radius 3 is 2.81 bits per heavy atom. The molecule has 0 heterocycles. The number of hydrogen-bond acceptors (Lipinski definition) is 4. The largest absolute Gasteiger partial charge is 0.493 e. The van der Waals surface area contributed by atoms with Crippen molar-refractivity contribution in [3.8, 4) is 5.75 Å². The molecule has 0 bridgehead atoms. The van der Waals surface area contributed by atoms with Crippen molar-refractivity contribution in [1.82, 2.24) is 5.32 Å². The molecule has 0 saturated heterocycles. The molecule has 21 heavy (non-hydrogen) atoms. The molecule has 0 aliphatic rings. The van der Waals surface area contributed by atoms with Gasteiger partial charge >= 0.3 is 5.97 Å². The topological polar surface area (TPSA) is 47.6 Å². The van der Waals surface area contributed by atoms with Gasteiger partial charge in [0, 0.05) is 18.5 Å². The number of benzene rings is 1. The number of ether oxygens (including phenoxy) is 2. The molecule has 0 saturated carbocycles. The van der Waals surface area contributed by atoms with Gasteiger partial charge < -0.3 is 14.8 Å². The highest BCUT2D eigenvalue weighted by atomic mass is 19.1. The molecule has 4 nitrogen and oxygen atoms in total. The first-order valence-corrected chi connectivity index (χ1v) is 7.21. The van der Waals surface area contributed by atoms with Crippen LogP contribution in [-0.4, -0.2) is 26.2 Å². The highest BCUT2D eigenvalue weighted by Gasteiger charge is 2.07. The number of carbonyl (C=O) groups is 1. The van der Waals surface area contributed by atoms with Crippen molar-refractivity contribution in [3.63, 3.8) is 0 Å². The molecular weight excluding hydrogens is 273 g/mol. The average Bonchev–Trinajstić information content (AvgIpc) is 2.44. The van der Waals surface area contributed by atoms with Gasteiger partial charge in [0.2, 0.25) is 0 Å². The van der Waals surface area contributed by atoms with Crippen LogP contribution in [0.4, 0.5) is 4.39 Å². The molecule has 0 unspecified atom stereocenters. The molecule has 1 rings (SSSR count). The number of halogens is 1. The minimum absolute atomic E-state index is 0.253. The van der Waals surface area contributed by atoms with E-state index in [-0.39, 0.29) is 11.8 Å². The minimum Gasteiger partial charge on any atom is -0.493 e. The fraction of sp³-hybridized carbons (Fsp3) is 0.562. The molecule has 1 aromatic carbocycles. The molecule has 0 fully saturated rings. The molecule has 1 aromatic rings. The molecular formula is C16H24FNO3. The second-order valence-electron chi connectivity index (χ2n) is 5.30. The third-order valence-electron chi connectivity index (χ3n) is 2.90. The Hall–Kier alpha value is -1.62. The summed E-state index contributed by atoms with van der Waals surface area (Å²) in [4.78, 5) is 11.0. The fourth-order valence-electron chi connectivity index (χ4n) is 1.82. The quantitative estimate of drug-likeness (QED) is 0.562. The molecule has 0 spiro atoms. The first kappa shape index (κ1) is 17.4. The van der Waals surface area contributed by atoms with E-state index >= 15 is 0 Å². The van der Waals surface area contributed by atoms with Crippen molar-refractivity contribution in [2.24, 2.45) is 5.92 Å². The number of nitrogens with one attached hydrogen (secondary N) is 1. The third kappa shape index (κ3) is 7.09. The van der Waals surface area contributed by atoms with Gasteiger partial charge in [0.25, 0.3) is 0 Å². The summed E-state index contributed by atoms with van der Waals surface area (Å²) < 4.78 is 23.5. The number of methoxy groups -OCH3 is 1. The Bertz CT molecular complexity index is 449. The number of hydrogen-bond donors (Lipinski definition) is 1. The van der Waals surface area contributed by atoms with E-state index in [4.69, 9.17) is 4.74 Å². The standard InChI is InChI=1S/C16H24FNO3/c1-12(2)10-18-11-13-9-14(17)6-7-15(13)21-8-4-5-16(19)20-3/h6-7,9,12,18H,4-5,8,10-11H2,1-3H3. The Morgan fingerprint density at radius 1 is 1.38 bits per heavy atom. The molecule has 5 heteroatoms.